The highest BCUT2D eigenvalue weighted by atomic mass is 16.1. The van der Waals surface area contributed by atoms with Crippen molar-refractivity contribution in [2.24, 2.45) is 0 Å². The highest BCUT2D eigenvalue weighted by molar-refractivity contribution is 5.92. The molecule has 3 rings (SSSR count). The van der Waals surface area contributed by atoms with Gasteiger partial charge in [0, 0.05) is 17.8 Å². The van der Waals surface area contributed by atoms with Gasteiger partial charge in [0.2, 0.25) is 5.91 Å². The highest BCUT2D eigenvalue weighted by Gasteiger charge is 2.16. The Labute approximate surface area is 153 Å². The van der Waals surface area contributed by atoms with Gasteiger partial charge in [-0.2, -0.15) is 5.26 Å². The van der Waals surface area contributed by atoms with Crippen LogP contribution >= 0.6 is 0 Å². The number of H-pyrrole nitrogens is 1. The number of benzene rings is 1. The van der Waals surface area contributed by atoms with E-state index in [0.717, 1.165) is 36.2 Å². The van der Waals surface area contributed by atoms with Crippen molar-refractivity contribution in [3.05, 3.63) is 62.1 Å². The Hall–Kier alpha value is -2.87. The monoisotopic (exact) mass is 349 g/mol. The van der Waals surface area contributed by atoms with Crippen molar-refractivity contribution in [3.63, 3.8) is 0 Å². The normalized spacial score (nSPS) is 13.0. The molecular formula is C21H23N3O2. The molecule has 0 saturated heterocycles. The maximum atomic E-state index is 12.5. The van der Waals surface area contributed by atoms with Crippen LogP contribution in [0, 0.1) is 25.2 Å². The quantitative estimate of drug-likeness (QED) is 0.888. The smallest absolute Gasteiger partial charge is 0.266 e. The molecule has 1 aliphatic carbocycles. The second-order valence-electron chi connectivity index (χ2n) is 6.87. The lowest BCUT2D eigenvalue weighted by atomic mass is 9.90. The lowest BCUT2D eigenvalue weighted by Crippen LogP contribution is -2.19. The zero-order chi connectivity index (χ0) is 18.7. The number of nitrogens with one attached hydrogen (secondary N) is 2. The summed E-state index contributed by atoms with van der Waals surface area (Å²) in [6, 6.07) is 8.05. The van der Waals surface area contributed by atoms with Crippen molar-refractivity contribution in [2.75, 3.05) is 5.32 Å². The van der Waals surface area contributed by atoms with Crippen LogP contribution in [0.4, 0.5) is 5.69 Å². The number of amides is 1. The first-order valence-corrected chi connectivity index (χ1v) is 9.04. The Morgan fingerprint density at radius 2 is 2.04 bits per heavy atom. The fourth-order valence-corrected chi connectivity index (χ4v) is 3.77. The third kappa shape index (κ3) is 3.55. The van der Waals surface area contributed by atoms with Gasteiger partial charge in [-0.15, -0.1) is 0 Å². The van der Waals surface area contributed by atoms with E-state index in [2.05, 4.69) is 16.4 Å². The summed E-state index contributed by atoms with van der Waals surface area (Å²) >= 11 is 0. The molecule has 1 heterocycles. The van der Waals surface area contributed by atoms with Gasteiger partial charge in [-0.1, -0.05) is 12.1 Å². The number of hydrogen-bond acceptors (Lipinski definition) is 3. The fraction of sp³-hybridized carbons (Fsp3) is 0.381. The number of pyridine rings is 1. The van der Waals surface area contributed by atoms with E-state index < -0.39 is 0 Å². The fourth-order valence-electron chi connectivity index (χ4n) is 3.77. The number of carbonyl (C=O) groups is 1. The third-order valence-electron chi connectivity index (χ3n) is 5.19. The van der Waals surface area contributed by atoms with E-state index in [1.807, 2.05) is 18.2 Å². The average Bonchev–Trinajstić information content (AvgIpc) is 2.62. The molecule has 0 fully saturated rings. The number of hydrogen-bond donors (Lipinski definition) is 2. The van der Waals surface area contributed by atoms with Crippen LogP contribution < -0.4 is 10.9 Å². The molecule has 134 valence electrons. The SMILES string of the molecule is Cc1[nH]c(=O)c(C#N)c(C)c1CCC(=O)Nc1cccc2c1CCCC2. The molecule has 1 aromatic carbocycles. The van der Waals surface area contributed by atoms with Crippen molar-refractivity contribution in [2.45, 2.75) is 52.4 Å². The maximum Gasteiger partial charge on any atom is 0.266 e. The Morgan fingerprint density at radius 1 is 1.27 bits per heavy atom. The van der Waals surface area contributed by atoms with Gasteiger partial charge in [-0.25, -0.2) is 0 Å². The predicted octanol–water partition coefficient (Wildman–Crippen LogP) is 3.31. The molecule has 1 aliphatic rings. The number of rotatable bonds is 4. The standard InChI is InChI=1S/C21H23N3O2/c1-13-16(14(2)23-21(26)18(13)12-22)10-11-20(25)24-19-9-5-7-15-6-3-4-8-17(15)19/h5,7,9H,3-4,6,8,10-11H2,1-2H3,(H,23,26)(H,24,25). The van der Waals surface area contributed by atoms with Crippen LogP contribution in [0.25, 0.3) is 0 Å². The Kier molecular flexibility index (Phi) is 5.22. The summed E-state index contributed by atoms with van der Waals surface area (Å²) in [5.74, 6) is -0.0486. The minimum atomic E-state index is -0.369. The molecule has 5 heteroatoms. The molecule has 0 aliphatic heterocycles. The van der Waals surface area contributed by atoms with E-state index in [1.54, 1.807) is 13.8 Å². The van der Waals surface area contributed by atoms with Crippen LogP contribution in [-0.2, 0) is 24.1 Å². The van der Waals surface area contributed by atoms with Crippen LogP contribution in [0.15, 0.2) is 23.0 Å². The molecule has 0 saturated carbocycles. The van der Waals surface area contributed by atoms with Crippen LogP contribution in [-0.4, -0.2) is 10.9 Å². The lowest BCUT2D eigenvalue weighted by Gasteiger charge is -2.19. The molecule has 2 N–H and O–H groups in total. The molecule has 0 atom stereocenters. The molecule has 1 amide bonds. The minimum Gasteiger partial charge on any atom is -0.326 e. The molecule has 0 spiro atoms. The van der Waals surface area contributed by atoms with E-state index in [9.17, 15) is 9.59 Å². The Bertz CT molecular complexity index is 951. The first-order valence-electron chi connectivity index (χ1n) is 9.04. The largest absolute Gasteiger partial charge is 0.326 e. The van der Waals surface area contributed by atoms with Crippen LogP contribution in [0.2, 0.25) is 0 Å². The third-order valence-corrected chi connectivity index (χ3v) is 5.19. The summed E-state index contributed by atoms with van der Waals surface area (Å²) < 4.78 is 0. The van der Waals surface area contributed by atoms with Gasteiger partial charge >= 0.3 is 0 Å². The minimum absolute atomic E-state index is 0.0486. The van der Waals surface area contributed by atoms with Crippen molar-refractivity contribution in [1.82, 2.24) is 4.98 Å². The van der Waals surface area contributed by atoms with Gasteiger partial charge in [0.25, 0.3) is 5.56 Å². The zero-order valence-electron chi connectivity index (χ0n) is 15.2. The Balaban J connectivity index is 1.73. The summed E-state index contributed by atoms with van der Waals surface area (Å²) in [5.41, 5.74) is 5.52. The second-order valence-corrected chi connectivity index (χ2v) is 6.87. The van der Waals surface area contributed by atoms with Crippen molar-refractivity contribution in [3.8, 4) is 6.07 Å². The predicted molar refractivity (Wildman–Crippen MR) is 101 cm³/mol. The van der Waals surface area contributed by atoms with E-state index >= 15 is 0 Å². The lowest BCUT2D eigenvalue weighted by molar-refractivity contribution is -0.116. The molecule has 0 unspecified atom stereocenters. The van der Waals surface area contributed by atoms with E-state index in [4.69, 9.17) is 5.26 Å². The molecular weight excluding hydrogens is 326 g/mol. The molecule has 1 aromatic heterocycles. The number of carbonyl (C=O) groups excluding carboxylic acids is 1. The van der Waals surface area contributed by atoms with E-state index in [0.29, 0.717) is 18.4 Å². The van der Waals surface area contributed by atoms with Crippen molar-refractivity contribution < 1.29 is 4.79 Å². The molecule has 2 aromatic rings. The average molecular weight is 349 g/mol. The van der Waals surface area contributed by atoms with Crippen LogP contribution in [0.3, 0.4) is 0 Å². The van der Waals surface area contributed by atoms with E-state index in [1.165, 1.54) is 17.5 Å². The van der Waals surface area contributed by atoms with Crippen molar-refractivity contribution >= 4 is 11.6 Å². The molecule has 5 nitrogen and oxygen atoms in total. The number of nitriles is 1. The first kappa shape index (κ1) is 17.9. The number of anilines is 1. The van der Waals surface area contributed by atoms with Gasteiger partial charge in [0.15, 0.2) is 0 Å². The number of aromatic nitrogens is 1. The van der Waals surface area contributed by atoms with Gasteiger partial charge < -0.3 is 10.3 Å². The maximum absolute atomic E-state index is 12.5. The van der Waals surface area contributed by atoms with E-state index in [-0.39, 0.29) is 17.0 Å². The number of aryl methyl sites for hydroxylation is 2. The number of aromatic amines is 1. The zero-order valence-corrected chi connectivity index (χ0v) is 15.2. The topological polar surface area (TPSA) is 85.8 Å². The van der Waals surface area contributed by atoms with Crippen LogP contribution in [0.1, 0.15) is 52.8 Å². The summed E-state index contributed by atoms with van der Waals surface area (Å²) in [5, 5.41) is 12.2. The van der Waals surface area contributed by atoms with Crippen LogP contribution in [0.5, 0.6) is 0 Å². The van der Waals surface area contributed by atoms with Gasteiger partial charge in [-0.05, 0) is 74.3 Å². The molecule has 26 heavy (non-hydrogen) atoms. The number of fused-ring (bicyclic) bond motifs is 1. The van der Waals surface area contributed by atoms with Crippen molar-refractivity contribution in [1.29, 1.82) is 5.26 Å². The molecule has 0 bridgehead atoms. The Morgan fingerprint density at radius 3 is 2.81 bits per heavy atom. The van der Waals surface area contributed by atoms with Gasteiger partial charge in [0.05, 0.1) is 0 Å². The van der Waals surface area contributed by atoms with Gasteiger partial charge in [0.1, 0.15) is 11.6 Å². The second kappa shape index (κ2) is 7.57. The summed E-state index contributed by atoms with van der Waals surface area (Å²) in [7, 11) is 0. The molecule has 0 radical (unpaired) electrons. The highest BCUT2D eigenvalue weighted by Crippen LogP contribution is 2.28. The first-order chi connectivity index (χ1) is 12.5. The summed E-state index contributed by atoms with van der Waals surface area (Å²) in [6.07, 6.45) is 5.25. The summed E-state index contributed by atoms with van der Waals surface area (Å²) in [4.78, 5) is 27.0. The number of nitrogens with zero attached hydrogens (tertiary/aromatic N) is 1. The van der Waals surface area contributed by atoms with Gasteiger partial charge in [-0.3, -0.25) is 9.59 Å². The summed E-state index contributed by atoms with van der Waals surface area (Å²) in [6.45, 7) is 3.57.